The lowest BCUT2D eigenvalue weighted by atomic mass is 10.0. The Labute approximate surface area is 148 Å². The summed E-state index contributed by atoms with van der Waals surface area (Å²) in [6, 6.07) is 10.5. The monoisotopic (exact) mass is 343 g/mol. The van der Waals surface area contributed by atoms with E-state index in [0.717, 1.165) is 37.8 Å². The molecule has 0 radical (unpaired) electrons. The van der Waals surface area contributed by atoms with E-state index in [9.17, 15) is 0 Å². The number of rotatable bonds is 5. The molecular weight excluding hydrogens is 318 g/mol. The third kappa shape index (κ3) is 4.32. The fraction of sp³-hybridized carbons (Fsp3) is 0.444. The van der Waals surface area contributed by atoms with Crippen molar-refractivity contribution in [3.8, 4) is 0 Å². The van der Waals surface area contributed by atoms with Gasteiger partial charge in [-0.3, -0.25) is 9.67 Å². The SMILES string of the molecule is CN=C(NCCSc1ccccc1)N1CCC(c2cnn(C)c2)C1. The van der Waals surface area contributed by atoms with Gasteiger partial charge in [0.05, 0.1) is 6.20 Å². The first-order valence-corrected chi connectivity index (χ1v) is 9.37. The van der Waals surface area contributed by atoms with Crippen LogP contribution in [0.3, 0.4) is 0 Å². The summed E-state index contributed by atoms with van der Waals surface area (Å²) in [5, 5.41) is 7.78. The molecule has 5 nitrogen and oxygen atoms in total. The molecule has 0 spiro atoms. The van der Waals surface area contributed by atoms with E-state index in [1.165, 1.54) is 10.5 Å². The molecule has 1 unspecified atom stereocenters. The molecule has 6 heteroatoms. The van der Waals surface area contributed by atoms with Crippen LogP contribution in [0.4, 0.5) is 0 Å². The lowest BCUT2D eigenvalue weighted by Crippen LogP contribution is -2.40. The van der Waals surface area contributed by atoms with Gasteiger partial charge in [0.1, 0.15) is 0 Å². The van der Waals surface area contributed by atoms with Gasteiger partial charge < -0.3 is 10.2 Å². The first-order chi connectivity index (χ1) is 11.8. The Kier molecular flexibility index (Phi) is 5.80. The van der Waals surface area contributed by atoms with Crippen molar-refractivity contribution in [3.05, 3.63) is 48.3 Å². The zero-order valence-corrected chi connectivity index (χ0v) is 15.2. The predicted octanol–water partition coefficient (Wildman–Crippen LogP) is 2.58. The molecule has 1 aromatic heterocycles. The summed E-state index contributed by atoms with van der Waals surface area (Å²) < 4.78 is 1.88. The van der Waals surface area contributed by atoms with Gasteiger partial charge in [0.25, 0.3) is 0 Å². The fourth-order valence-corrected chi connectivity index (χ4v) is 3.85. The van der Waals surface area contributed by atoms with Gasteiger partial charge in [0.2, 0.25) is 0 Å². The van der Waals surface area contributed by atoms with Crippen LogP contribution in [-0.4, -0.2) is 53.1 Å². The normalized spacial score (nSPS) is 18.2. The van der Waals surface area contributed by atoms with Gasteiger partial charge in [0, 0.05) is 56.5 Å². The topological polar surface area (TPSA) is 45.5 Å². The lowest BCUT2D eigenvalue weighted by Gasteiger charge is -2.21. The molecular formula is C18H25N5S. The van der Waals surface area contributed by atoms with Crippen molar-refractivity contribution < 1.29 is 0 Å². The number of benzene rings is 1. The van der Waals surface area contributed by atoms with Gasteiger partial charge in [-0.15, -0.1) is 11.8 Å². The molecule has 1 N–H and O–H groups in total. The van der Waals surface area contributed by atoms with E-state index < -0.39 is 0 Å². The Balaban J connectivity index is 1.45. The molecule has 0 saturated carbocycles. The van der Waals surface area contributed by atoms with Crippen LogP contribution in [0.1, 0.15) is 17.9 Å². The number of aromatic nitrogens is 2. The van der Waals surface area contributed by atoms with Crippen molar-refractivity contribution in [2.75, 3.05) is 32.4 Å². The first kappa shape index (κ1) is 16.9. The van der Waals surface area contributed by atoms with Crippen molar-refractivity contribution in [1.82, 2.24) is 20.0 Å². The highest BCUT2D eigenvalue weighted by molar-refractivity contribution is 7.99. The molecule has 0 amide bonds. The smallest absolute Gasteiger partial charge is 0.193 e. The second-order valence-corrected chi connectivity index (χ2v) is 7.18. The minimum Gasteiger partial charge on any atom is -0.355 e. The molecule has 128 valence electrons. The molecule has 1 aliphatic heterocycles. The van der Waals surface area contributed by atoms with Crippen molar-refractivity contribution in [3.63, 3.8) is 0 Å². The number of nitrogens with zero attached hydrogens (tertiary/aromatic N) is 4. The van der Waals surface area contributed by atoms with Gasteiger partial charge in [-0.05, 0) is 24.1 Å². The Bertz CT molecular complexity index is 667. The van der Waals surface area contributed by atoms with Gasteiger partial charge in [-0.2, -0.15) is 5.10 Å². The van der Waals surface area contributed by atoms with Crippen molar-refractivity contribution in [2.24, 2.45) is 12.0 Å². The standard InChI is InChI=1S/C18H25N5S/c1-19-18(20-9-11-24-17-6-4-3-5-7-17)23-10-8-15(14-23)16-12-21-22(2)13-16/h3-7,12-13,15H,8-11,14H2,1-2H3,(H,19,20). The van der Waals surface area contributed by atoms with E-state index in [2.05, 4.69) is 56.8 Å². The van der Waals surface area contributed by atoms with Crippen molar-refractivity contribution >= 4 is 17.7 Å². The Morgan fingerprint density at radius 2 is 2.21 bits per heavy atom. The fourth-order valence-electron chi connectivity index (χ4n) is 3.06. The number of likely N-dealkylation sites (tertiary alicyclic amines) is 1. The lowest BCUT2D eigenvalue weighted by molar-refractivity contribution is 0.488. The third-order valence-electron chi connectivity index (χ3n) is 4.29. The van der Waals surface area contributed by atoms with Gasteiger partial charge in [-0.25, -0.2) is 0 Å². The number of hydrogen-bond donors (Lipinski definition) is 1. The quantitative estimate of drug-likeness (QED) is 0.392. The van der Waals surface area contributed by atoms with Crippen molar-refractivity contribution in [1.29, 1.82) is 0 Å². The maximum atomic E-state index is 4.45. The maximum Gasteiger partial charge on any atom is 0.193 e. The molecule has 1 saturated heterocycles. The van der Waals surface area contributed by atoms with E-state index in [0.29, 0.717) is 5.92 Å². The van der Waals surface area contributed by atoms with Crippen LogP contribution >= 0.6 is 11.8 Å². The molecule has 24 heavy (non-hydrogen) atoms. The summed E-state index contributed by atoms with van der Waals surface area (Å²) in [5.74, 6) is 2.59. The average Bonchev–Trinajstić information content (AvgIpc) is 3.25. The molecule has 1 atom stereocenters. The van der Waals surface area contributed by atoms with Crippen LogP contribution < -0.4 is 5.32 Å². The zero-order valence-electron chi connectivity index (χ0n) is 14.4. The molecule has 2 heterocycles. The Morgan fingerprint density at radius 1 is 1.38 bits per heavy atom. The number of guanidine groups is 1. The highest BCUT2D eigenvalue weighted by atomic mass is 32.2. The van der Waals surface area contributed by atoms with E-state index in [4.69, 9.17) is 0 Å². The minimum absolute atomic E-state index is 0.552. The molecule has 1 aromatic carbocycles. The number of thioether (sulfide) groups is 1. The van der Waals surface area contributed by atoms with Crippen LogP contribution in [0.15, 0.2) is 52.6 Å². The van der Waals surface area contributed by atoms with E-state index in [1.807, 2.05) is 36.7 Å². The second-order valence-electron chi connectivity index (χ2n) is 6.01. The minimum atomic E-state index is 0.552. The summed E-state index contributed by atoms with van der Waals surface area (Å²) in [6.45, 7) is 2.97. The number of nitrogens with one attached hydrogen (secondary N) is 1. The summed E-state index contributed by atoms with van der Waals surface area (Å²) in [4.78, 5) is 8.11. The van der Waals surface area contributed by atoms with Gasteiger partial charge >= 0.3 is 0 Å². The Morgan fingerprint density at radius 3 is 2.92 bits per heavy atom. The first-order valence-electron chi connectivity index (χ1n) is 8.38. The molecule has 1 fully saturated rings. The van der Waals surface area contributed by atoms with E-state index in [-0.39, 0.29) is 0 Å². The van der Waals surface area contributed by atoms with Crippen LogP contribution in [0.2, 0.25) is 0 Å². The van der Waals surface area contributed by atoms with Crippen LogP contribution in [0, 0.1) is 0 Å². The molecule has 2 aromatic rings. The summed E-state index contributed by atoms with van der Waals surface area (Å²) >= 11 is 1.87. The maximum absolute atomic E-state index is 4.45. The Hall–Kier alpha value is -1.95. The largest absolute Gasteiger partial charge is 0.355 e. The highest BCUT2D eigenvalue weighted by Crippen LogP contribution is 2.26. The highest BCUT2D eigenvalue weighted by Gasteiger charge is 2.26. The van der Waals surface area contributed by atoms with Crippen LogP contribution in [0.25, 0.3) is 0 Å². The van der Waals surface area contributed by atoms with Crippen LogP contribution in [-0.2, 0) is 7.05 Å². The predicted molar refractivity (Wildman–Crippen MR) is 101 cm³/mol. The van der Waals surface area contributed by atoms with E-state index >= 15 is 0 Å². The number of aryl methyl sites for hydroxylation is 1. The third-order valence-corrected chi connectivity index (χ3v) is 5.31. The second kappa shape index (κ2) is 8.24. The summed E-state index contributed by atoms with van der Waals surface area (Å²) in [7, 11) is 3.84. The molecule has 3 rings (SSSR count). The number of aliphatic imine (C=N–C) groups is 1. The summed E-state index contributed by atoms with van der Waals surface area (Å²) in [5.41, 5.74) is 1.33. The summed E-state index contributed by atoms with van der Waals surface area (Å²) in [6.07, 6.45) is 5.27. The molecule has 0 bridgehead atoms. The number of hydrogen-bond acceptors (Lipinski definition) is 3. The molecule has 0 aliphatic carbocycles. The average molecular weight is 344 g/mol. The zero-order chi connectivity index (χ0) is 16.8. The van der Waals surface area contributed by atoms with Crippen LogP contribution in [0.5, 0.6) is 0 Å². The van der Waals surface area contributed by atoms with E-state index in [1.54, 1.807) is 0 Å². The van der Waals surface area contributed by atoms with Crippen molar-refractivity contribution in [2.45, 2.75) is 17.2 Å². The molecule has 1 aliphatic rings. The van der Waals surface area contributed by atoms with Gasteiger partial charge in [0.15, 0.2) is 5.96 Å². The van der Waals surface area contributed by atoms with Gasteiger partial charge in [-0.1, -0.05) is 18.2 Å².